The number of carbonyl (C=O) groups is 1. The summed E-state index contributed by atoms with van der Waals surface area (Å²) in [5.41, 5.74) is 2.22. The minimum absolute atomic E-state index is 0.0282. The minimum Gasteiger partial charge on any atom is -0.478 e. The molecule has 1 N–H and O–H groups in total. The molecule has 1 aromatic heterocycles. The molecule has 1 aromatic carbocycles. The summed E-state index contributed by atoms with van der Waals surface area (Å²) < 4.78 is 24.5. The lowest BCUT2D eigenvalue weighted by atomic mass is 10.1. The summed E-state index contributed by atoms with van der Waals surface area (Å²) >= 11 is 1.26. The summed E-state index contributed by atoms with van der Waals surface area (Å²) in [6, 6.07) is 4.25. The maximum Gasteiger partial charge on any atom is 0.336 e. The van der Waals surface area contributed by atoms with Crippen molar-refractivity contribution in [2.45, 2.75) is 24.0 Å². The Labute approximate surface area is 120 Å². The van der Waals surface area contributed by atoms with Gasteiger partial charge in [0.15, 0.2) is 9.84 Å². The smallest absolute Gasteiger partial charge is 0.336 e. The summed E-state index contributed by atoms with van der Waals surface area (Å²) in [6.45, 7) is 1.83. The zero-order valence-electron chi connectivity index (χ0n) is 10.7. The van der Waals surface area contributed by atoms with Gasteiger partial charge in [0.1, 0.15) is 0 Å². The zero-order chi connectivity index (χ0) is 14.8. The van der Waals surface area contributed by atoms with E-state index in [9.17, 15) is 13.2 Å². The van der Waals surface area contributed by atoms with Gasteiger partial charge in [-0.2, -0.15) is 0 Å². The molecule has 2 aromatic rings. The van der Waals surface area contributed by atoms with E-state index in [1.54, 1.807) is 11.6 Å². The first-order valence-corrected chi connectivity index (χ1v) is 8.43. The number of nitrogens with zero attached hydrogens (tertiary/aromatic N) is 1. The molecule has 2 rings (SSSR count). The lowest BCUT2D eigenvalue weighted by molar-refractivity contribution is 0.0695. The summed E-state index contributed by atoms with van der Waals surface area (Å²) in [5, 5.41) is 9.14. The van der Waals surface area contributed by atoms with Gasteiger partial charge in [-0.05, 0) is 24.1 Å². The molecule has 0 aliphatic rings. The van der Waals surface area contributed by atoms with E-state index in [0.717, 1.165) is 0 Å². The van der Waals surface area contributed by atoms with E-state index in [0.29, 0.717) is 16.9 Å². The van der Waals surface area contributed by atoms with Gasteiger partial charge in [0.25, 0.3) is 0 Å². The number of aryl methyl sites for hydroxylation is 1. The van der Waals surface area contributed by atoms with Crippen LogP contribution in [0.15, 0.2) is 34.8 Å². The molecule has 0 aliphatic heterocycles. The van der Waals surface area contributed by atoms with Crippen molar-refractivity contribution in [1.82, 2.24) is 4.98 Å². The number of hydrogen-bond acceptors (Lipinski definition) is 5. The highest BCUT2D eigenvalue weighted by Crippen LogP contribution is 2.22. The molecule has 0 atom stereocenters. The standard InChI is InChI=1S/C13H13NO4S2/c1-2-9-3-4-11(5-12(9)13(15)16)20(17,18)7-10-6-14-8-19-10/h3-6,8H,2,7H2,1H3,(H,15,16). The molecule has 0 saturated heterocycles. The van der Waals surface area contributed by atoms with E-state index in [4.69, 9.17) is 5.11 Å². The molecule has 7 heteroatoms. The largest absolute Gasteiger partial charge is 0.478 e. The van der Waals surface area contributed by atoms with Gasteiger partial charge in [-0.25, -0.2) is 13.2 Å². The summed E-state index contributed by atoms with van der Waals surface area (Å²) in [7, 11) is -3.56. The molecule has 0 fully saturated rings. The van der Waals surface area contributed by atoms with Crippen molar-refractivity contribution in [1.29, 1.82) is 0 Å². The van der Waals surface area contributed by atoms with Crippen LogP contribution in [0.3, 0.4) is 0 Å². The first kappa shape index (κ1) is 14.7. The molecule has 0 unspecified atom stereocenters. The van der Waals surface area contributed by atoms with E-state index in [-0.39, 0.29) is 16.2 Å². The van der Waals surface area contributed by atoms with Gasteiger partial charge >= 0.3 is 5.97 Å². The predicted molar refractivity (Wildman–Crippen MR) is 75.8 cm³/mol. The maximum absolute atomic E-state index is 12.3. The number of rotatable bonds is 5. The molecule has 0 bridgehead atoms. The van der Waals surface area contributed by atoms with Crippen LogP contribution < -0.4 is 0 Å². The Morgan fingerprint density at radius 1 is 1.40 bits per heavy atom. The average Bonchev–Trinajstić information content (AvgIpc) is 2.89. The van der Waals surface area contributed by atoms with Crippen molar-refractivity contribution in [3.05, 3.63) is 45.9 Å². The minimum atomic E-state index is -3.56. The van der Waals surface area contributed by atoms with Crippen molar-refractivity contribution < 1.29 is 18.3 Å². The highest BCUT2D eigenvalue weighted by molar-refractivity contribution is 7.90. The Bertz CT molecular complexity index is 721. The second-order valence-corrected chi connectivity index (χ2v) is 7.16. The lowest BCUT2D eigenvalue weighted by Crippen LogP contribution is -2.08. The molecule has 0 radical (unpaired) electrons. The van der Waals surface area contributed by atoms with Crippen molar-refractivity contribution in [2.24, 2.45) is 0 Å². The number of carboxylic acids is 1. The van der Waals surface area contributed by atoms with Crippen LogP contribution in [-0.4, -0.2) is 24.5 Å². The van der Waals surface area contributed by atoms with Crippen molar-refractivity contribution in [2.75, 3.05) is 0 Å². The summed E-state index contributed by atoms with van der Waals surface area (Å²) in [6.07, 6.45) is 2.04. The molecular formula is C13H13NO4S2. The first-order valence-electron chi connectivity index (χ1n) is 5.90. The average molecular weight is 311 g/mol. The fourth-order valence-corrected chi connectivity index (χ4v) is 4.15. The maximum atomic E-state index is 12.3. The van der Waals surface area contributed by atoms with Gasteiger partial charge < -0.3 is 5.11 Å². The van der Waals surface area contributed by atoms with Gasteiger partial charge in [0.05, 0.1) is 21.7 Å². The topological polar surface area (TPSA) is 84.3 Å². The van der Waals surface area contributed by atoms with E-state index in [1.807, 2.05) is 6.92 Å². The van der Waals surface area contributed by atoms with Crippen LogP contribution in [0.5, 0.6) is 0 Å². The van der Waals surface area contributed by atoms with E-state index < -0.39 is 15.8 Å². The number of sulfone groups is 1. The fraction of sp³-hybridized carbons (Fsp3) is 0.231. The Morgan fingerprint density at radius 3 is 2.70 bits per heavy atom. The van der Waals surface area contributed by atoms with E-state index in [2.05, 4.69) is 4.98 Å². The van der Waals surface area contributed by atoms with Crippen LogP contribution in [-0.2, 0) is 22.0 Å². The van der Waals surface area contributed by atoms with Gasteiger partial charge in [-0.15, -0.1) is 11.3 Å². The molecule has 0 saturated carbocycles. The Kier molecular flexibility index (Phi) is 4.20. The van der Waals surface area contributed by atoms with Crippen LogP contribution in [0.4, 0.5) is 0 Å². The summed E-state index contributed by atoms with van der Waals surface area (Å²) in [5.74, 6) is -1.28. The van der Waals surface area contributed by atoms with Gasteiger partial charge in [0.2, 0.25) is 0 Å². The molecule has 20 heavy (non-hydrogen) atoms. The highest BCUT2D eigenvalue weighted by atomic mass is 32.2. The fourth-order valence-electron chi connectivity index (χ4n) is 1.84. The number of aromatic carboxylic acids is 1. The molecule has 0 spiro atoms. The molecule has 106 valence electrons. The molecule has 1 heterocycles. The monoisotopic (exact) mass is 311 g/mol. The Hall–Kier alpha value is -1.73. The van der Waals surface area contributed by atoms with Crippen LogP contribution in [0.2, 0.25) is 0 Å². The molecule has 5 nitrogen and oxygen atoms in total. The highest BCUT2D eigenvalue weighted by Gasteiger charge is 2.19. The number of hydrogen-bond donors (Lipinski definition) is 1. The van der Waals surface area contributed by atoms with Crippen molar-refractivity contribution >= 4 is 27.1 Å². The lowest BCUT2D eigenvalue weighted by Gasteiger charge is -2.07. The zero-order valence-corrected chi connectivity index (χ0v) is 12.4. The SMILES string of the molecule is CCc1ccc(S(=O)(=O)Cc2cncs2)cc1C(=O)O. The van der Waals surface area contributed by atoms with Gasteiger partial charge in [0, 0.05) is 11.1 Å². The van der Waals surface area contributed by atoms with E-state index in [1.165, 1.54) is 29.7 Å². The number of carboxylic acid groups (broad SMARTS) is 1. The van der Waals surface area contributed by atoms with Gasteiger partial charge in [-0.1, -0.05) is 13.0 Å². The third kappa shape index (κ3) is 3.05. The van der Waals surface area contributed by atoms with Crippen LogP contribution in [0, 0.1) is 0 Å². The summed E-state index contributed by atoms with van der Waals surface area (Å²) in [4.78, 5) is 15.7. The van der Waals surface area contributed by atoms with Crippen molar-refractivity contribution in [3.63, 3.8) is 0 Å². The quantitative estimate of drug-likeness (QED) is 0.916. The molecular weight excluding hydrogens is 298 g/mol. The Balaban J connectivity index is 2.42. The third-order valence-electron chi connectivity index (χ3n) is 2.87. The number of aromatic nitrogens is 1. The Morgan fingerprint density at radius 2 is 2.15 bits per heavy atom. The normalized spacial score (nSPS) is 11.4. The second kappa shape index (κ2) is 5.72. The molecule has 0 aliphatic carbocycles. The third-order valence-corrected chi connectivity index (χ3v) is 5.49. The predicted octanol–water partition coefficient (Wildman–Crippen LogP) is 2.38. The van der Waals surface area contributed by atoms with Crippen LogP contribution in [0.25, 0.3) is 0 Å². The van der Waals surface area contributed by atoms with Gasteiger partial charge in [-0.3, -0.25) is 4.98 Å². The second-order valence-electron chi connectivity index (χ2n) is 4.20. The number of benzene rings is 1. The molecule has 0 amide bonds. The number of thiazole rings is 1. The first-order chi connectivity index (χ1) is 9.44. The van der Waals surface area contributed by atoms with Crippen LogP contribution >= 0.6 is 11.3 Å². The van der Waals surface area contributed by atoms with E-state index >= 15 is 0 Å². The van der Waals surface area contributed by atoms with Crippen molar-refractivity contribution in [3.8, 4) is 0 Å². The van der Waals surface area contributed by atoms with Crippen LogP contribution in [0.1, 0.15) is 27.7 Å².